The normalized spacial score (nSPS) is 23.1. The standard InChI is InChI=1S/C18H24N2O/c19-15-7-5-14(6-8-15)18(9-10-18)17(21)20-11-16(12-1-2-12)13-3-4-13/h5-8,12-13,16H,1-4,9-11,19H2,(H,20,21). The highest BCUT2D eigenvalue weighted by atomic mass is 16.2. The van der Waals surface area contributed by atoms with Crippen LogP contribution in [-0.2, 0) is 10.2 Å². The predicted molar refractivity (Wildman–Crippen MR) is 83.7 cm³/mol. The Morgan fingerprint density at radius 3 is 2.19 bits per heavy atom. The van der Waals surface area contributed by atoms with Crippen molar-refractivity contribution in [1.82, 2.24) is 5.32 Å². The molecule has 3 aliphatic rings. The summed E-state index contributed by atoms with van der Waals surface area (Å²) in [6, 6.07) is 7.84. The molecule has 112 valence electrons. The fourth-order valence-electron chi connectivity index (χ4n) is 3.72. The van der Waals surface area contributed by atoms with Crippen LogP contribution < -0.4 is 11.1 Å². The summed E-state index contributed by atoms with van der Waals surface area (Å²) < 4.78 is 0. The van der Waals surface area contributed by atoms with Crippen LogP contribution in [0.25, 0.3) is 0 Å². The number of nitrogen functional groups attached to an aromatic ring is 1. The van der Waals surface area contributed by atoms with Crippen molar-refractivity contribution in [1.29, 1.82) is 0 Å². The zero-order valence-corrected chi connectivity index (χ0v) is 12.5. The van der Waals surface area contributed by atoms with Gasteiger partial charge in [0.2, 0.25) is 5.91 Å². The number of benzene rings is 1. The van der Waals surface area contributed by atoms with Crippen molar-refractivity contribution >= 4 is 11.6 Å². The molecule has 1 aromatic carbocycles. The molecule has 3 N–H and O–H groups in total. The summed E-state index contributed by atoms with van der Waals surface area (Å²) in [6.45, 7) is 0.894. The smallest absolute Gasteiger partial charge is 0.230 e. The van der Waals surface area contributed by atoms with E-state index in [-0.39, 0.29) is 11.3 Å². The van der Waals surface area contributed by atoms with Gasteiger partial charge in [-0.25, -0.2) is 0 Å². The third-order valence-electron chi connectivity index (χ3n) is 5.60. The monoisotopic (exact) mass is 284 g/mol. The first-order chi connectivity index (χ1) is 10.2. The van der Waals surface area contributed by atoms with Gasteiger partial charge in [0.15, 0.2) is 0 Å². The van der Waals surface area contributed by atoms with Crippen molar-refractivity contribution in [3.63, 3.8) is 0 Å². The predicted octanol–water partition coefficient (Wildman–Crippen LogP) is 2.85. The van der Waals surface area contributed by atoms with Crippen molar-refractivity contribution in [3.05, 3.63) is 29.8 Å². The highest BCUT2D eigenvalue weighted by Gasteiger charge is 2.51. The number of nitrogens with one attached hydrogen (secondary N) is 1. The van der Waals surface area contributed by atoms with Crippen LogP contribution in [0.1, 0.15) is 44.1 Å². The molecular formula is C18H24N2O. The Kier molecular flexibility index (Phi) is 2.98. The van der Waals surface area contributed by atoms with Crippen LogP contribution >= 0.6 is 0 Å². The lowest BCUT2D eigenvalue weighted by Gasteiger charge is -2.20. The maximum atomic E-state index is 12.7. The Labute approximate surface area is 126 Å². The summed E-state index contributed by atoms with van der Waals surface area (Å²) in [6.07, 6.45) is 7.45. The molecule has 4 rings (SSSR count). The molecule has 1 amide bonds. The largest absolute Gasteiger partial charge is 0.399 e. The molecule has 3 saturated carbocycles. The Balaban J connectivity index is 1.41. The molecule has 0 aromatic heterocycles. The molecule has 21 heavy (non-hydrogen) atoms. The van der Waals surface area contributed by atoms with E-state index in [9.17, 15) is 4.79 Å². The molecule has 0 unspecified atom stereocenters. The molecule has 0 aliphatic heterocycles. The fourth-order valence-corrected chi connectivity index (χ4v) is 3.72. The van der Waals surface area contributed by atoms with Crippen LogP contribution in [0.15, 0.2) is 24.3 Å². The van der Waals surface area contributed by atoms with Gasteiger partial charge in [0.25, 0.3) is 0 Å². The summed E-state index contributed by atoms with van der Waals surface area (Å²) in [5.74, 6) is 2.77. The van der Waals surface area contributed by atoms with Crippen LogP contribution in [0.4, 0.5) is 5.69 Å². The van der Waals surface area contributed by atoms with Gasteiger partial charge in [-0.1, -0.05) is 12.1 Å². The lowest BCUT2D eigenvalue weighted by molar-refractivity contribution is -0.123. The fraction of sp³-hybridized carbons (Fsp3) is 0.611. The first-order valence-electron chi connectivity index (χ1n) is 8.33. The number of anilines is 1. The van der Waals surface area contributed by atoms with E-state index in [4.69, 9.17) is 5.73 Å². The van der Waals surface area contributed by atoms with Crippen LogP contribution in [0, 0.1) is 17.8 Å². The Bertz CT molecular complexity index is 527. The highest BCUT2D eigenvalue weighted by Crippen LogP contribution is 2.50. The van der Waals surface area contributed by atoms with Crippen LogP contribution in [-0.4, -0.2) is 12.5 Å². The van der Waals surface area contributed by atoms with Gasteiger partial charge in [-0.15, -0.1) is 0 Å². The van der Waals surface area contributed by atoms with Gasteiger partial charge in [-0.3, -0.25) is 4.79 Å². The van der Waals surface area contributed by atoms with Crippen molar-refractivity contribution in [2.45, 2.75) is 43.9 Å². The molecule has 3 nitrogen and oxygen atoms in total. The minimum absolute atomic E-state index is 0.235. The van der Waals surface area contributed by atoms with Gasteiger partial charge < -0.3 is 11.1 Å². The molecular weight excluding hydrogens is 260 g/mol. The maximum absolute atomic E-state index is 12.7. The van der Waals surface area contributed by atoms with E-state index in [1.54, 1.807) is 0 Å². The Morgan fingerprint density at radius 2 is 1.71 bits per heavy atom. The maximum Gasteiger partial charge on any atom is 0.230 e. The molecule has 0 spiro atoms. The van der Waals surface area contributed by atoms with Gasteiger partial charge in [0.05, 0.1) is 5.41 Å². The van der Waals surface area contributed by atoms with Crippen molar-refractivity contribution < 1.29 is 4.79 Å². The number of carbonyl (C=O) groups is 1. The summed E-state index contributed by atoms with van der Waals surface area (Å²) in [5, 5.41) is 3.27. The Morgan fingerprint density at radius 1 is 1.14 bits per heavy atom. The summed E-state index contributed by atoms with van der Waals surface area (Å²) in [7, 11) is 0. The average Bonchev–Trinajstić information content (AvgIpc) is 3.36. The van der Waals surface area contributed by atoms with Crippen LogP contribution in [0.3, 0.4) is 0 Å². The minimum Gasteiger partial charge on any atom is -0.399 e. The third kappa shape index (κ3) is 2.54. The van der Waals surface area contributed by atoms with Crippen molar-refractivity contribution in [2.75, 3.05) is 12.3 Å². The van der Waals surface area contributed by atoms with Crippen molar-refractivity contribution in [3.8, 4) is 0 Å². The average molecular weight is 284 g/mol. The quantitative estimate of drug-likeness (QED) is 0.789. The molecule has 0 atom stereocenters. The number of amides is 1. The topological polar surface area (TPSA) is 55.1 Å². The Hall–Kier alpha value is -1.51. The number of hydrogen-bond acceptors (Lipinski definition) is 2. The lowest BCUT2D eigenvalue weighted by atomic mass is 9.93. The van der Waals surface area contributed by atoms with Gasteiger partial charge in [0.1, 0.15) is 0 Å². The molecule has 3 fully saturated rings. The number of rotatable bonds is 6. The SMILES string of the molecule is Nc1ccc(C2(C(=O)NCC(C3CC3)C3CC3)CC2)cc1. The molecule has 0 radical (unpaired) electrons. The molecule has 0 bridgehead atoms. The first kappa shape index (κ1) is 13.2. The van der Waals surface area contributed by atoms with Gasteiger partial charge in [-0.2, -0.15) is 0 Å². The molecule has 1 aromatic rings. The number of nitrogens with two attached hydrogens (primary N) is 1. The van der Waals surface area contributed by atoms with E-state index in [0.29, 0.717) is 0 Å². The van der Waals surface area contributed by atoms with Gasteiger partial charge in [-0.05, 0) is 74.0 Å². The summed E-state index contributed by atoms with van der Waals surface area (Å²) >= 11 is 0. The van der Waals surface area contributed by atoms with E-state index in [2.05, 4.69) is 5.32 Å². The number of hydrogen-bond donors (Lipinski definition) is 2. The van der Waals surface area contributed by atoms with Crippen molar-refractivity contribution in [2.24, 2.45) is 17.8 Å². The van der Waals surface area contributed by atoms with E-state index in [1.165, 1.54) is 25.7 Å². The second-order valence-electron chi connectivity index (χ2n) is 7.25. The first-order valence-corrected chi connectivity index (χ1v) is 8.33. The number of carbonyl (C=O) groups excluding carboxylic acids is 1. The van der Waals surface area contributed by atoms with Crippen LogP contribution in [0.2, 0.25) is 0 Å². The highest BCUT2D eigenvalue weighted by molar-refractivity contribution is 5.91. The molecule has 3 aliphatic carbocycles. The zero-order valence-electron chi connectivity index (χ0n) is 12.5. The molecule has 3 heteroatoms. The minimum atomic E-state index is -0.259. The van der Waals surface area contributed by atoms with E-state index in [1.807, 2.05) is 24.3 Å². The summed E-state index contributed by atoms with van der Waals surface area (Å²) in [5.41, 5.74) is 7.38. The molecule has 0 heterocycles. The third-order valence-corrected chi connectivity index (χ3v) is 5.60. The van der Waals surface area contributed by atoms with Crippen LogP contribution in [0.5, 0.6) is 0 Å². The van der Waals surface area contributed by atoms with E-state index >= 15 is 0 Å². The van der Waals surface area contributed by atoms with Gasteiger partial charge >= 0.3 is 0 Å². The lowest BCUT2D eigenvalue weighted by Crippen LogP contribution is -2.38. The molecule has 0 saturated heterocycles. The van der Waals surface area contributed by atoms with E-state index < -0.39 is 0 Å². The summed E-state index contributed by atoms with van der Waals surface area (Å²) in [4.78, 5) is 12.7. The van der Waals surface area contributed by atoms with Gasteiger partial charge in [0, 0.05) is 12.2 Å². The van der Waals surface area contributed by atoms with E-state index in [0.717, 1.165) is 48.4 Å². The second-order valence-corrected chi connectivity index (χ2v) is 7.25. The second kappa shape index (κ2) is 4.75. The zero-order chi connectivity index (χ0) is 14.4.